The molecule has 0 aliphatic carbocycles. The van der Waals surface area contributed by atoms with Crippen LogP contribution in [0.5, 0.6) is 0 Å². The first kappa shape index (κ1) is 15.0. The summed E-state index contributed by atoms with van der Waals surface area (Å²) in [6.45, 7) is 9.60. The molecule has 0 atom stereocenters. The van der Waals surface area contributed by atoms with Gasteiger partial charge in [-0.25, -0.2) is 4.98 Å². The van der Waals surface area contributed by atoms with E-state index < -0.39 is 0 Å². The highest BCUT2D eigenvalue weighted by Crippen LogP contribution is 2.11. The molecule has 1 aromatic rings. The van der Waals surface area contributed by atoms with Gasteiger partial charge in [-0.05, 0) is 39.3 Å². The van der Waals surface area contributed by atoms with Crippen molar-refractivity contribution in [3.63, 3.8) is 0 Å². The number of anilines is 2. The Balaban J connectivity index is 1.80. The maximum absolute atomic E-state index is 4.50. The van der Waals surface area contributed by atoms with E-state index in [0.717, 1.165) is 43.5 Å². The number of aromatic nitrogens is 2. The van der Waals surface area contributed by atoms with Crippen molar-refractivity contribution in [2.45, 2.75) is 39.5 Å². The van der Waals surface area contributed by atoms with Crippen molar-refractivity contribution in [1.29, 1.82) is 0 Å². The van der Waals surface area contributed by atoms with Crippen LogP contribution in [0.1, 0.15) is 38.3 Å². The number of likely N-dealkylation sites (tertiary alicyclic amines) is 1. The van der Waals surface area contributed by atoms with Gasteiger partial charge in [-0.3, -0.25) is 0 Å². The summed E-state index contributed by atoms with van der Waals surface area (Å²) in [6, 6.07) is 2.01. The average Bonchev–Trinajstić information content (AvgIpc) is 2.46. The number of hydrogen-bond acceptors (Lipinski definition) is 5. The third-order valence-electron chi connectivity index (χ3n) is 3.57. The maximum atomic E-state index is 4.50. The van der Waals surface area contributed by atoms with Crippen molar-refractivity contribution in [1.82, 2.24) is 14.9 Å². The third-order valence-corrected chi connectivity index (χ3v) is 3.57. The summed E-state index contributed by atoms with van der Waals surface area (Å²) in [5, 5.41) is 6.66. The fraction of sp³-hybridized carbons (Fsp3) is 0.733. The molecule has 20 heavy (non-hydrogen) atoms. The molecule has 2 N–H and O–H groups in total. The monoisotopic (exact) mass is 277 g/mol. The van der Waals surface area contributed by atoms with Crippen LogP contribution >= 0.6 is 0 Å². The minimum absolute atomic E-state index is 0.729. The van der Waals surface area contributed by atoms with Crippen LogP contribution in [0.4, 0.5) is 11.8 Å². The van der Waals surface area contributed by atoms with Crippen LogP contribution in [-0.4, -0.2) is 47.6 Å². The van der Waals surface area contributed by atoms with Gasteiger partial charge in [0, 0.05) is 31.4 Å². The van der Waals surface area contributed by atoms with Gasteiger partial charge in [0.2, 0.25) is 5.95 Å². The van der Waals surface area contributed by atoms with E-state index in [2.05, 4.69) is 32.4 Å². The Morgan fingerprint density at radius 3 is 2.65 bits per heavy atom. The molecule has 1 saturated heterocycles. The molecule has 1 aliphatic rings. The molecule has 0 saturated carbocycles. The Labute approximate surface area is 122 Å². The SMILES string of the molecule is CCCNc1nc(C)cc(NCCN2CCCCC2)n1. The Bertz CT molecular complexity index is 401. The summed E-state index contributed by atoms with van der Waals surface area (Å²) in [5.41, 5.74) is 0.999. The standard InChI is InChI=1S/C15H27N5/c1-3-7-17-15-18-13(2)12-14(19-15)16-8-11-20-9-5-4-6-10-20/h12H,3-11H2,1-2H3,(H2,16,17,18,19). The van der Waals surface area contributed by atoms with Crippen LogP contribution in [-0.2, 0) is 0 Å². The fourth-order valence-electron chi connectivity index (χ4n) is 2.50. The van der Waals surface area contributed by atoms with E-state index in [1.807, 2.05) is 13.0 Å². The summed E-state index contributed by atoms with van der Waals surface area (Å²) < 4.78 is 0. The molecule has 0 bridgehead atoms. The quantitative estimate of drug-likeness (QED) is 0.802. The zero-order valence-electron chi connectivity index (χ0n) is 12.8. The fourth-order valence-corrected chi connectivity index (χ4v) is 2.50. The lowest BCUT2D eigenvalue weighted by Crippen LogP contribution is -2.33. The lowest BCUT2D eigenvalue weighted by Gasteiger charge is -2.26. The van der Waals surface area contributed by atoms with Crippen molar-refractivity contribution in [2.24, 2.45) is 0 Å². The first-order valence-electron chi connectivity index (χ1n) is 7.83. The molecule has 0 spiro atoms. The van der Waals surface area contributed by atoms with Crippen molar-refractivity contribution >= 4 is 11.8 Å². The van der Waals surface area contributed by atoms with Crippen LogP contribution in [0.2, 0.25) is 0 Å². The zero-order valence-corrected chi connectivity index (χ0v) is 12.8. The number of aryl methyl sites for hydroxylation is 1. The highest BCUT2D eigenvalue weighted by atomic mass is 15.2. The van der Waals surface area contributed by atoms with E-state index >= 15 is 0 Å². The lowest BCUT2D eigenvalue weighted by molar-refractivity contribution is 0.237. The lowest BCUT2D eigenvalue weighted by atomic mass is 10.1. The molecule has 1 aromatic heterocycles. The molecule has 5 heteroatoms. The van der Waals surface area contributed by atoms with E-state index in [-0.39, 0.29) is 0 Å². The minimum atomic E-state index is 0.729. The molecule has 0 aromatic carbocycles. The molecular weight excluding hydrogens is 250 g/mol. The highest BCUT2D eigenvalue weighted by molar-refractivity contribution is 5.42. The second kappa shape index (κ2) is 8.04. The van der Waals surface area contributed by atoms with Gasteiger partial charge in [0.25, 0.3) is 0 Å². The largest absolute Gasteiger partial charge is 0.369 e. The van der Waals surface area contributed by atoms with Crippen molar-refractivity contribution in [2.75, 3.05) is 43.4 Å². The topological polar surface area (TPSA) is 53.1 Å². The number of rotatable bonds is 7. The Kier molecular flexibility index (Phi) is 6.05. The van der Waals surface area contributed by atoms with Gasteiger partial charge in [-0.1, -0.05) is 13.3 Å². The van der Waals surface area contributed by atoms with Crippen LogP contribution in [0, 0.1) is 6.92 Å². The van der Waals surface area contributed by atoms with Gasteiger partial charge in [0.15, 0.2) is 0 Å². The number of nitrogens with one attached hydrogen (secondary N) is 2. The smallest absolute Gasteiger partial charge is 0.224 e. The van der Waals surface area contributed by atoms with Crippen molar-refractivity contribution in [3.05, 3.63) is 11.8 Å². The highest BCUT2D eigenvalue weighted by Gasteiger charge is 2.09. The van der Waals surface area contributed by atoms with Crippen molar-refractivity contribution in [3.8, 4) is 0 Å². The Hall–Kier alpha value is -1.36. The summed E-state index contributed by atoms with van der Waals surface area (Å²) >= 11 is 0. The van der Waals surface area contributed by atoms with Crippen LogP contribution < -0.4 is 10.6 Å². The summed E-state index contributed by atoms with van der Waals surface area (Å²) in [5.74, 6) is 1.65. The molecule has 0 amide bonds. The van der Waals surface area contributed by atoms with Crippen LogP contribution in [0.15, 0.2) is 6.07 Å². The van der Waals surface area contributed by atoms with E-state index in [1.165, 1.54) is 32.4 Å². The van der Waals surface area contributed by atoms with Gasteiger partial charge >= 0.3 is 0 Å². The second-order valence-electron chi connectivity index (χ2n) is 5.47. The molecule has 1 aliphatic heterocycles. The molecule has 5 nitrogen and oxygen atoms in total. The molecule has 0 unspecified atom stereocenters. The van der Waals surface area contributed by atoms with Crippen LogP contribution in [0.3, 0.4) is 0 Å². The predicted octanol–water partition coefficient (Wildman–Crippen LogP) is 2.50. The number of hydrogen-bond donors (Lipinski definition) is 2. The van der Waals surface area contributed by atoms with E-state index in [9.17, 15) is 0 Å². The zero-order chi connectivity index (χ0) is 14.2. The molecule has 1 fully saturated rings. The summed E-state index contributed by atoms with van der Waals surface area (Å²) in [4.78, 5) is 11.4. The Morgan fingerprint density at radius 2 is 1.90 bits per heavy atom. The van der Waals surface area contributed by atoms with E-state index in [4.69, 9.17) is 0 Å². The van der Waals surface area contributed by atoms with Crippen molar-refractivity contribution < 1.29 is 0 Å². The number of nitrogens with zero attached hydrogens (tertiary/aromatic N) is 3. The van der Waals surface area contributed by atoms with E-state index in [0.29, 0.717) is 0 Å². The molecule has 2 rings (SSSR count). The van der Waals surface area contributed by atoms with E-state index in [1.54, 1.807) is 0 Å². The first-order valence-corrected chi connectivity index (χ1v) is 7.83. The third kappa shape index (κ3) is 4.96. The molecule has 112 valence electrons. The Morgan fingerprint density at radius 1 is 1.10 bits per heavy atom. The molecule has 2 heterocycles. The summed E-state index contributed by atoms with van der Waals surface area (Å²) in [6.07, 6.45) is 5.16. The van der Waals surface area contributed by atoms with Gasteiger partial charge in [0.1, 0.15) is 5.82 Å². The van der Waals surface area contributed by atoms with Gasteiger partial charge in [-0.2, -0.15) is 4.98 Å². The predicted molar refractivity (Wildman–Crippen MR) is 84.3 cm³/mol. The summed E-state index contributed by atoms with van der Waals surface area (Å²) in [7, 11) is 0. The van der Waals surface area contributed by atoms with Gasteiger partial charge in [-0.15, -0.1) is 0 Å². The normalized spacial score (nSPS) is 16.1. The minimum Gasteiger partial charge on any atom is -0.369 e. The number of piperidine rings is 1. The first-order chi connectivity index (χ1) is 9.78. The van der Waals surface area contributed by atoms with Crippen LogP contribution in [0.25, 0.3) is 0 Å². The maximum Gasteiger partial charge on any atom is 0.224 e. The van der Waals surface area contributed by atoms with Gasteiger partial charge in [0.05, 0.1) is 0 Å². The molecule has 0 radical (unpaired) electrons. The average molecular weight is 277 g/mol. The second-order valence-corrected chi connectivity index (χ2v) is 5.47. The van der Waals surface area contributed by atoms with Gasteiger partial charge < -0.3 is 15.5 Å². The molecular formula is C15H27N5.